The maximum absolute atomic E-state index is 6.02. The third-order valence-corrected chi connectivity index (χ3v) is 3.78. The molecule has 1 aromatic carbocycles. The zero-order valence-corrected chi connectivity index (χ0v) is 13.9. The Labute approximate surface area is 129 Å². The molecule has 120 valence electrons. The number of anilines is 1. The summed E-state index contributed by atoms with van der Waals surface area (Å²) in [5.74, 6) is 1.34. The first-order valence-electron chi connectivity index (χ1n) is 7.88. The van der Waals surface area contributed by atoms with Crippen LogP contribution < -0.4 is 15.2 Å². The lowest BCUT2D eigenvalue weighted by Gasteiger charge is -2.20. The number of ether oxygens (including phenoxy) is 2. The van der Waals surface area contributed by atoms with E-state index in [9.17, 15) is 0 Å². The predicted molar refractivity (Wildman–Crippen MR) is 89.3 cm³/mol. The molecular formula is C17H30N2O2. The Balaban J connectivity index is 2.57. The van der Waals surface area contributed by atoms with Crippen molar-refractivity contribution >= 4 is 5.69 Å². The number of nitrogen functional groups attached to an aromatic ring is 1. The molecule has 0 atom stereocenters. The summed E-state index contributed by atoms with van der Waals surface area (Å²) in [5, 5.41) is 0. The van der Waals surface area contributed by atoms with Crippen LogP contribution >= 0.6 is 0 Å². The van der Waals surface area contributed by atoms with E-state index in [0.29, 0.717) is 17.2 Å². The van der Waals surface area contributed by atoms with E-state index in [0.717, 1.165) is 25.9 Å². The first-order valence-corrected chi connectivity index (χ1v) is 7.88. The van der Waals surface area contributed by atoms with Gasteiger partial charge in [0.2, 0.25) is 0 Å². The van der Waals surface area contributed by atoms with Gasteiger partial charge in [-0.25, -0.2) is 0 Å². The molecule has 2 N–H and O–H groups in total. The number of aryl methyl sites for hydroxylation is 1. The Morgan fingerprint density at radius 1 is 1.05 bits per heavy atom. The molecule has 0 aliphatic heterocycles. The summed E-state index contributed by atoms with van der Waals surface area (Å²) in [6.07, 6.45) is 4.67. The highest BCUT2D eigenvalue weighted by Gasteiger charge is 2.10. The maximum Gasteiger partial charge on any atom is 0.183 e. The maximum atomic E-state index is 6.02. The van der Waals surface area contributed by atoms with Gasteiger partial charge in [-0.15, -0.1) is 0 Å². The number of rotatable bonds is 10. The standard InChI is InChI=1S/C17H30N2O2/c1-5-7-10-19(6-2)11-8-9-14-12-15(18)17(21-4)16(13-14)20-3/h12-13H,5-11,18H2,1-4H3. The van der Waals surface area contributed by atoms with Gasteiger partial charge < -0.3 is 20.1 Å². The van der Waals surface area contributed by atoms with Crippen LogP contribution in [0, 0.1) is 0 Å². The molecule has 4 nitrogen and oxygen atoms in total. The number of hydrogen-bond acceptors (Lipinski definition) is 4. The Hall–Kier alpha value is -1.42. The third-order valence-electron chi connectivity index (χ3n) is 3.78. The summed E-state index contributed by atoms with van der Waals surface area (Å²) in [7, 11) is 3.26. The topological polar surface area (TPSA) is 47.7 Å². The van der Waals surface area contributed by atoms with E-state index in [4.69, 9.17) is 15.2 Å². The van der Waals surface area contributed by atoms with Crippen molar-refractivity contribution in [1.29, 1.82) is 0 Å². The predicted octanol–water partition coefficient (Wildman–Crippen LogP) is 3.34. The highest BCUT2D eigenvalue weighted by molar-refractivity contribution is 5.62. The lowest BCUT2D eigenvalue weighted by molar-refractivity contribution is 0.280. The SMILES string of the molecule is CCCCN(CC)CCCc1cc(N)c(OC)c(OC)c1. The molecule has 0 aromatic heterocycles. The number of methoxy groups -OCH3 is 2. The van der Waals surface area contributed by atoms with Crippen LogP contribution in [0.25, 0.3) is 0 Å². The minimum absolute atomic E-state index is 0.624. The molecule has 0 bridgehead atoms. The van der Waals surface area contributed by atoms with E-state index >= 15 is 0 Å². The fourth-order valence-electron chi connectivity index (χ4n) is 2.51. The van der Waals surface area contributed by atoms with Gasteiger partial charge in [0, 0.05) is 0 Å². The number of benzene rings is 1. The number of hydrogen-bond donors (Lipinski definition) is 1. The zero-order chi connectivity index (χ0) is 15.7. The van der Waals surface area contributed by atoms with Crippen LogP contribution in [-0.4, -0.2) is 38.8 Å². The van der Waals surface area contributed by atoms with Gasteiger partial charge in [-0.05, 0) is 56.6 Å². The smallest absolute Gasteiger partial charge is 0.183 e. The molecule has 0 amide bonds. The van der Waals surface area contributed by atoms with Crippen molar-refractivity contribution in [2.75, 3.05) is 39.6 Å². The summed E-state index contributed by atoms with van der Waals surface area (Å²) in [6, 6.07) is 4.02. The Morgan fingerprint density at radius 3 is 2.33 bits per heavy atom. The normalized spacial score (nSPS) is 10.9. The van der Waals surface area contributed by atoms with Gasteiger partial charge >= 0.3 is 0 Å². The van der Waals surface area contributed by atoms with Crippen molar-refractivity contribution in [2.24, 2.45) is 0 Å². The Kier molecular flexibility index (Phi) is 7.98. The van der Waals surface area contributed by atoms with Crippen LogP contribution in [0.2, 0.25) is 0 Å². The fourth-order valence-corrected chi connectivity index (χ4v) is 2.51. The molecule has 1 aromatic rings. The van der Waals surface area contributed by atoms with Crippen LogP contribution in [0.1, 0.15) is 38.7 Å². The largest absolute Gasteiger partial charge is 0.493 e. The minimum Gasteiger partial charge on any atom is -0.493 e. The monoisotopic (exact) mass is 294 g/mol. The quantitative estimate of drug-likeness (QED) is 0.672. The summed E-state index contributed by atoms with van der Waals surface area (Å²) in [5.41, 5.74) is 7.87. The summed E-state index contributed by atoms with van der Waals surface area (Å²) < 4.78 is 10.6. The van der Waals surface area contributed by atoms with Crippen LogP contribution in [0.5, 0.6) is 11.5 Å². The lowest BCUT2D eigenvalue weighted by Crippen LogP contribution is -2.26. The van der Waals surface area contributed by atoms with Crippen molar-refractivity contribution in [3.8, 4) is 11.5 Å². The molecule has 0 spiro atoms. The van der Waals surface area contributed by atoms with Gasteiger partial charge in [-0.2, -0.15) is 0 Å². The molecule has 0 saturated heterocycles. The second kappa shape index (κ2) is 9.50. The molecule has 0 heterocycles. The summed E-state index contributed by atoms with van der Waals surface area (Å²) in [6.45, 7) is 7.91. The van der Waals surface area contributed by atoms with E-state index in [1.54, 1.807) is 14.2 Å². The minimum atomic E-state index is 0.624. The van der Waals surface area contributed by atoms with E-state index in [1.165, 1.54) is 24.9 Å². The number of unbranched alkanes of at least 4 members (excludes halogenated alkanes) is 1. The molecule has 0 aliphatic carbocycles. The summed E-state index contributed by atoms with van der Waals surface area (Å²) >= 11 is 0. The average Bonchev–Trinajstić information content (AvgIpc) is 2.50. The highest BCUT2D eigenvalue weighted by atomic mass is 16.5. The zero-order valence-electron chi connectivity index (χ0n) is 13.9. The van der Waals surface area contributed by atoms with Gasteiger partial charge in [0.15, 0.2) is 11.5 Å². The average molecular weight is 294 g/mol. The number of nitrogens with zero attached hydrogens (tertiary/aromatic N) is 1. The van der Waals surface area contributed by atoms with Crippen molar-refractivity contribution in [3.05, 3.63) is 17.7 Å². The van der Waals surface area contributed by atoms with Crippen LogP contribution in [0.4, 0.5) is 5.69 Å². The van der Waals surface area contributed by atoms with Crippen molar-refractivity contribution in [2.45, 2.75) is 39.5 Å². The molecule has 0 unspecified atom stereocenters. The van der Waals surface area contributed by atoms with E-state index in [2.05, 4.69) is 18.7 Å². The summed E-state index contributed by atoms with van der Waals surface area (Å²) in [4.78, 5) is 2.51. The molecule has 0 aliphatic rings. The molecule has 21 heavy (non-hydrogen) atoms. The van der Waals surface area contributed by atoms with Gasteiger partial charge in [0.05, 0.1) is 19.9 Å². The second-order valence-electron chi connectivity index (χ2n) is 5.31. The Bertz CT molecular complexity index is 421. The molecular weight excluding hydrogens is 264 g/mol. The van der Waals surface area contributed by atoms with E-state index in [1.807, 2.05) is 12.1 Å². The highest BCUT2D eigenvalue weighted by Crippen LogP contribution is 2.34. The van der Waals surface area contributed by atoms with Crippen molar-refractivity contribution in [3.63, 3.8) is 0 Å². The lowest BCUT2D eigenvalue weighted by atomic mass is 10.1. The van der Waals surface area contributed by atoms with Gasteiger partial charge in [0.1, 0.15) is 0 Å². The molecule has 0 fully saturated rings. The molecule has 0 radical (unpaired) electrons. The van der Waals surface area contributed by atoms with Gasteiger partial charge in [-0.3, -0.25) is 0 Å². The first-order chi connectivity index (χ1) is 10.2. The Morgan fingerprint density at radius 2 is 1.76 bits per heavy atom. The third kappa shape index (κ3) is 5.46. The fraction of sp³-hybridized carbons (Fsp3) is 0.647. The van der Waals surface area contributed by atoms with E-state index in [-0.39, 0.29) is 0 Å². The van der Waals surface area contributed by atoms with Crippen LogP contribution in [0.15, 0.2) is 12.1 Å². The van der Waals surface area contributed by atoms with Gasteiger partial charge in [-0.1, -0.05) is 20.3 Å². The van der Waals surface area contributed by atoms with E-state index < -0.39 is 0 Å². The molecule has 4 heteroatoms. The van der Waals surface area contributed by atoms with Crippen LogP contribution in [0.3, 0.4) is 0 Å². The first kappa shape index (κ1) is 17.6. The molecule has 0 saturated carbocycles. The van der Waals surface area contributed by atoms with Crippen molar-refractivity contribution in [1.82, 2.24) is 4.90 Å². The number of nitrogens with two attached hydrogens (primary N) is 1. The van der Waals surface area contributed by atoms with Crippen LogP contribution in [-0.2, 0) is 6.42 Å². The van der Waals surface area contributed by atoms with Gasteiger partial charge in [0.25, 0.3) is 0 Å². The molecule has 1 rings (SSSR count). The second-order valence-corrected chi connectivity index (χ2v) is 5.31. The van der Waals surface area contributed by atoms with Crippen molar-refractivity contribution < 1.29 is 9.47 Å².